The maximum absolute atomic E-state index is 3.42. The molecule has 0 saturated heterocycles. The highest BCUT2D eigenvalue weighted by Gasteiger charge is 2.34. The summed E-state index contributed by atoms with van der Waals surface area (Å²) in [5.41, 5.74) is 1.11. The highest BCUT2D eigenvalue weighted by molar-refractivity contribution is 4.89. The van der Waals surface area contributed by atoms with Gasteiger partial charge in [0.25, 0.3) is 0 Å². The molecule has 0 spiro atoms. The van der Waals surface area contributed by atoms with Crippen LogP contribution in [0, 0.1) is 10.8 Å². The van der Waals surface area contributed by atoms with Crippen LogP contribution >= 0.6 is 0 Å². The van der Waals surface area contributed by atoms with Gasteiger partial charge in [0.15, 0.2) is 0 Å². The third-order valence-corrected chi connectivity index (χ3v) is 3.72. The van der Waals surface area contributed by atoms with E-state index in [0.717, 1.165) is 6.04 Å². The van der Waals surface area contributed by atoms with Crippen molar-refractivity contribution in [1.82, 2.24) is 5.32 Å². The lowest BCUT2D eigenvalue weighted by atomic mass is 9.78. The van der Waals surface area contributed by atoms with E-state index < -0.39 is 0 Å². The van der Waals surface area contributed by atoms with Crippen molar-refractivity contribution in [2.24, 2.45) is 10.8 Å². The Balaban J connectivity index is 2.37. The summed E-state index contributed by atoms with van der Waals surface area (Å²) in [6, 6.07) is 0.778. The zero-order valence-electron chi connectivity index (χ0n) is 10.6. The molecular weight excluding hydrogens is 170 g/mol. The molecule has 2 atom stereocenters. The van der Waals surface area contributed by atoms with Crippen molar-refractivity contribution in [1.29, 1.82) is 0 Å². The molecule has 1 heteroatoms. The minimum atomic E-state index is 0.501. The number of hydrogen-bond donors (Lipinski definition) is 1. The van der Waals surface area contributed by atoms with Crippen LogP contribution in [0.25, 0.3) is 0 Å². The van der Waals surface area contributed by atoms with E-state index in [0.29, 0.717) is 10.8 Å². The Morgan fingerprint density at radius 3 is 2.43 bits per heavy atom. The Hall–Kier alpha value is -0.0400. The van der Waals surface area contributed by atoms with Crippen LogP contribution in [0.1, 0.15) is 59.8 Å². The monoisotopic (exact) mass is 197 g/mol. The minimum absolute atomic E-state index is 0.501. The van der Waals surface area contributed by atoms with Crippen LogP contribution in [0.4, 0.5) is 0 Å². The van der Waals surface area contributed by atoms with Crippen molar-refractivity contribution in [2.75, 3.05) is 7.05 Å². The molecule has 0 aromatic rings. The third-order valence-electron chi connectivity index (χ3n) is 3.72. The van der Waals surface area contributed by atoms with Crippen LogP contribution in [0.2, 0.25) is 0 Å². The summed E-state index contributed by atoms with van der Waals surface area (Å²) in [7, 11) is 2.10. The van der Waals surface area contributed by atoms with Gasteiger partial charge in [-0.05, 0) is 50.0 Å². The van der Waals surface area contributed by atoms with Gasteiger partial charge in [-0.2, -0.15) is 0 Å². The second-order valence-corrected chi connectivity index (χ2v) is 6.60. The quantitative estimate of drug-likeness (QED) is 0.729. The van der Waals surface area contributed by atoms with Gasteiger partial charge in [-0.25, -0.2) is 0 Å². The molecule has 1 rings (SSSR count). The average molecular weight is 197 g/mol. The van der Waals surface area contributed by atoms with Crippen LogP contribution in [0.3, 0.4) is 0 Å². The van der Waals surface area contributed by atoms with Crippen LogP contribution in [-0.2, 0) is 0 Å². The van der Waals surface area contributed by atoms with Gasteiger partial charge < -0.3 is 5.32 Å². The van der Waals surface area contributed by atoms with Gasteiger partial charge in [-0.15, -0.1) is 0 Å². The molecule has 14 heavy (non-hydrogen) atoms. The van der Waals surface area contributed by atoms with E-state index in [4.69, 9.17) is 0 Å². The Morgan fingerprint density at radius 1 is 1.36 bits per heavy atom. The smallest absolute Gasteiger partial charge is 0.00694 e. The van der Waals surface area contributed by atoms with Gasteiger partial charge >= 0.3 is 0 Å². The predicted molar refractivity (Wildman–Crippen MR) is 63.5 cm³/mol. The summed E-state index contributed by atoms with van der Waals surface area (Å²) in [5.74, 6) is 0. The van der Waals surface area contributed by atoms with Crippen LogP contribution < -0.4 is 5.32 Å². The Kier molecular flexibility index (Phi) is 3.63. The largest absolute Gasteiger partial charge is 0.317 e. The summed E-state index contributed by atoms with van der Waals surface area (Å²) in [4.78, 5) is 0. The zero-order chi connectivity index (χ0) is 10.8. The van der Waals surface area contributed by atoms with Crippen molar-refractivity contribution in [2.45, 2.75) is 65.8 Å². The highest BCUT2D eigenvalue weighted by Crippen LogP contribution is 2.43. The first-order chi connectivity index (χ1) is 6.35. The number of rotatable bonds is 3. The lowest BCUT2D eigenvalue weighted by molar-refractivity contribution is 0.236. The lowest BCUT2D eigenvalue weighted by Gasteiger charge is -2.28. The number of hydrogen-bond acceptors (Lipinski definition) is 1. The van der Waals surface area contributed by atoms with E-state index in [9.17, 15) is 0 Å². The van der Waals surface area contributed by atoms with Gasteiger partial charge in [-0.3, -0.25) is 0 Å². The molecule has 0 aromatic heterocycles. The topological polar surface area (TPSA) is 12.0 Å². The number of nitrogens with one attached hydrogen (secondary N) is 1. The molecule has 0 heterocycles. The first-order valence-electron chi connectivity index (χ1n) is 6.02. The van der Waals surface area contributed by atoms with Gasteiger partial charge in [0.2, 0.25) is 0 Å². The van der Waals surface area contributed by atoms with E-state index in [1.807, 2.05) is 0 Å². The van der Waals surface area contributed by atoms with Gasteiger partial charge in [-0.1, -0.05) is 27.7 Å². The summed E-state index contributed by atoms with van der Waals surface area (Å²) in [6.07, 6.45) is 6.92. The first-order valence-corrected chi connectivity index (χ1v) is 6.02. The molecule has 84 valence electrons. The van der Waals surface area contributed by atoms with E-state index in [1.165, 1.54) is 32.1 Å². The summed E-state index contributed by atoms with van der Waals surface area (Å²) >= 11 is 0. The van der Waals surface area contributed by atoms with Crippen molar-refractivity contribution < 1.29 is 0 Å². The molecule has 2 unspecified atom stereocenters. The van der Waals surface area contributed by atoms with Crippen LogP contribution in [0.15, 0.2) is 0 Å². The van der Waals surface area contributed by atoms with Crippen molar-refractivity contribution >= 4 is 0 Å². The SMILES string of the molecule is CNC1CCC(C)(CCC(C)(C)C)C1. The Labute approximate surface area is 89.7 Å². The van der Waals surface area contributed by atoms with Gasteiger partial charge in [0, 0.05) is 6.04 Å². The maximum Gasteiger partial charge on any atom is 0.00694 e. The van der Waals surface area contributed by atoms with Crippen molar-refractivity contribution in [3.63, 3.8) is 0 Å². The molecule has 1 aliphatic carbocycles. The fourth-order valence-corrected chi connectivity index (χ4v) is 2.47. The Morgan fingerprint density at radius 2 is 2.00 bits per heavy atom. The minimum Gasteiger partial charge on any atom is -0.317 e. The molecule has 1 nitrogen and oxygen atoms in total. The molecule has 1 saturated carbocycles. The van der Waals surface area contributed by atoms with Crippen molar-refractivity contribution in [3.05, 3.63) is 0 Å². The molecular formula is C13H27N. The van der Waals surface area contributed by atoms with Crippen molar-refractivity contribution in [3.8, 4) is 0 Å². The maximum atomic E-state index is 3.42. The average Bonchev–Trinajstić information content (AvgIpc) is 2.44. The molecule has 0 aromatic carbocycles. The highest BCUT2D eigenvalue weighted by atomic mass is 14.9. The molecule has 0 bridgehead atoms. The molecule has 0 aliphatic heterocycles. The lowest BCUT2D eigenvalue weighted by Crippen LogP contribution is -2.24. The molecule has 1 fully saturated rings. The van der Waals surface area contributed by atoms with Crippen LogP contribution in [-0.4, -0.2) is 13.1 Å². The van der Waals surface area contributed by atoms with Gasteiger partial charge in [0.05, 0.1) is 0 Å². The molecule has 0 radical (unpaired) electrons. The van der Waals surface area contributed by atoms with E-state index >= 15 is 0 Å². The summed E-state index contributed by atoms with van der Waals surface area (Å²) < 4.78 is 0. The van der Waals surface area contributed by atoms with Gasteiger partial charge in [0.1, 0.15) is 0 Å². The standard InChI is InChI=1S/C13H27N/c1-12(2,3)8-9-13(4)7-6-11(10-13)14-5/h11,14H,6-10H2,1-5H3. The molecule has 1 aliphatic rings. The van der Waals surface area contributed by atoms with Crippen LogP contribution in [0.5, 0.6) is 0 Å². The fourth-order valence-electron chi connectivity index (χ4n) is 2.47. The normalized spacial score (nSPS) is 33.6. The first kappa shape index (κ1) is 12.0. The third kappa shape index (κ3) is 3.61. The fraction of sp³-hybridized carbons (Fsp3) is 1.00. The predicted octanol–water partition coefficient (Wildman–Crippen LogP) is 3.59. The van der Waals surface area contributed by atoms with E-state index in [-0.39, 0.29) is 0 Å². The van der Waals surface area contributed by atoms with E-state index in [2.05, 4.69) is 40.1 Å². The summed E-state index contributed by atoms with van der Waals surface area (Å²) in [6.45, 7) is 9.51. The molecule has 1 N–H and O–H groups in total. The summed E-state index contributed by atoms with van der Waals surface area (Å²) in [5, 5.41) is 3.42. The zero-order valence-corrected chi connectivity index (χ0v) is 10.6. The second-order valence-electron chi connectivity index (χ2n) is 6.60. The Bertz CT molecular complexity index is 180. The van der Waals surface area contributed by atoms with E-state index in [1.54, 1.807) is 0 Å². The second kappa shape index (κ2) is 4.22. The molecule has 0 amide bonds.